The summed E-state index contributed by atoms with van der Waals surface area (Å²) in [6.07, 6.45) is 0. The molecule has 0 bridgehead atoms. The number of nitrogens with two attached hydrogens (primary N) is 1. The lowest BCUT2D eigenvalue weighted by Gasteiger charge is -2.30. The van der Waals surface area contributed by atoms with E-state index in [4.69, 9.17) is 10.5 Å². The Bertz CT molecular complexity index is 402. The Morgan fingerprint density at radius 3 is 2.26 bits per heavy atom. The van der Waals surface area contributed by atoms with Gasteiger partial charge in [-0.05, 0) is 49.7 Å². The molecule has 108 valence electrons. The summed E-state index contributed by atoms with van der Waals surface area (Å²) in [5.74, 6) is 1.84. The summed E-state index contributed by atoms with van der Waals surface area (Å²) in [4.78, 5) is 2.24. The monoisotopic (exact) mass is 264 g/mol. The molecule has 0 saturated carbocycles. The topological polar surface area (TPSA) is 38.5 Å². The minimum atomic E-state index is 0.341. The van der Waals surface area contributed by atoms with Gasteiger partial charge in [-0.15, -0.1) is 0 Å². The Morgan fingerprint density at radius 2 is 1.84 bits per heavy atom. The van der Waals surface area contributed by atoms with Crippen molar-refractivity contribution in [3.8, 4) is 5.75 Å². The van der Waals surface area contributed by atoms with Gasteiger partial charge in [-0.3, -0.25) is 0 Å². The molecule has 0 amide bonds. The van der Waals surface area contributed by atoms with Crippen LogP contribution in [0.3, 0.4) is 0 Å². The molecule has 0 aliphatic carbocycles. The van der Waals surface area contributed by atoms with Crippen LogP contribution in [-0.2, 0) is 0 Å². The van der Waals surface area contributed by atoms with E-state index in [9.17, 15) is 0 Å². The van der Waals surface area contributed by atoms with Gasteiger partial charge in [0.1, 0.15) is 5.75 Å². The van der Waals surface area contributed by atoms with E-state index in [1.165, 1.54) is 11.1 Å². The van der Waals surface area contributed by atoms with Gasteiger partial charge in [0, 0.05) is 6.04 Å². The largest absolute Gasteiger partial charge is 0.496 e. The molecule has 0 aromatic heterocycles. The minimum absolute atomic E-state index is 0.341. The quantitative estimate of drug-likeness (QED) is 0.858. The van der Waals surface area contributed by atoms with E-state index in [1.807, 2.05) is 0 Å². The highest BCUT2D eigenvalue weighted by molar-refractivity contribution is 5.40. The van der Waals surface area contributed by atoms with Crippen molar-refractivity contribution in [3.05, 3.63) is 29.3 Å². The van der Waals surface area contributed by atoms with E-state index >= 15 is 0 Å². The lowest BCUT2D eigenvalue weighted by molar-refractivity contribution is 0.227. The summed E-state index contributed by atoms with van der Waals surface area (Å²) >= 11 is 0. The third-order valence-electron chi connectivity index (χ3n) is 3.68. The molecule has 2 N–H and O–H groups in total. The van der Waals surface area contributed by atoms with Crippen LogP contribution in [0.5, 0.6) is 5.75 Å². The summed E-state index contributed by atoms with van der Waals surface area (Å²) < 4.78 is 5.45. The Labute approximate surface area is 117 Å². The van der Waals surface area contributed by atoms with Crippen molar-refractivity contribution < 1.29 is 4.74 Å². The van der Waals surface area contributed by atoms with Gasteiger partial charge in [-0.1, -0.05) is 32.9 Å². The molecule has 0 aliphatic heterocycles. The molecular weight excluding hydrogens is 236 g/mol. The van der Waals surface area contributed by atoms with Crippen LogP contribution in [0.1, 0.15) is 43.9 Å². The zero-order valence-electron chi connectivity index (χ0n) is 13.1. The molecule has 1 rings (SSSR count). The fourth-order valence-corrected chi connectivity index (χ4v) is 2.65. The molecule has 1 aromatic carbocycles. The van der Waals surface area contributed by atoms with E-state index in [-0.39, 0.29) is 0 Å². The molecule has 0 radical (unpaired) electrons. The van der Waals surface area contributed by atoms with Crippen LogP contribution in [0.4, 0.5) is 0 Å². The van der Waals surface area contributed by atoms with Gasteiger partial charge >= 0.3 is 0 Å². The normalized spacial score (nSPS) is 14.8. The van der Waals surface area contributed by atoms with Crippen molar-refractivity contribution in [2.45, 2.75) is 32.7 Å². The van der Waals surface area contributed by atoms with E-state index in [0.29, 0.717) is 24.4 Å². The first-order valence-corrected chi connectivity index (χ1v) is 6.96. The summed E-state index contributed by atoms with van der Waals surface area (Å²) in [5, 5.41) is 0. The molecule has 3 heteroatoms. The molecule has 2 atom stereocenters. The third kappa shape index (κ3) is 3.71. The fourth-order valence-electron chi connectivity index (χ4n) is 2.65. The minimum Gasteiger partial charge on any atom is -0.496 e. The standard InChI is InChI=1S/C16H28N2O/c1-11(2)14-9-13(7-8-15(14)19-6)16(18(4)5)12(3)10-17/h7-9,11-12,16H,10,17H2,1-6H3. The SMILES string of the molecule is COc1ccc(C(C(C)CN)N(C)C)cc1C(C)C. The highest BCUT2D eigenvalue weighted by Gasteiger charge is 2.22. The molecule has 19 heavy (non-hydrogen) atoms. The maximum absolute atomic E-state index is 5.85. The Kier molecular flexibility index (Phi) is 5.83. The van der Waals surface area contributed by atoms with Gasteiger partial charge in [-0.25, -0.2) is 0 Å². The molecule has 3 nitrogen and oxygen atoms in total. The van der Waals surface area contributed by atoms with Crippen molar-refractivity contribution in [2.24, 2.45) is 11.7 Å². The van der Waals surface area contributed by atoms with Crippen molar-refractivity contribution in [1.29, 1.82) is 0 Å². The Morgan fingerprint density at radius 1 is 1.21 bits per heavy atom. The maximum Gasteiger partial charge on any atom is 0.122 e. The van der Waals surface area contributed by atoms with E-state index < -0.39 is 0 Å². The van der Waals surface area contributed by atoms with Crippen molar-refractivity contribution in [2.75, 3.05) is 27.7 Å². The molecule has 0 aliphatic rings. The summed E-state index contributed by atoms with van der Waals surface area (Å²) in [5.41, 5.74) is 8.42. The van der Waals surface area contributed by atoms with Gasteiger partial charge in [0.05, 0.1) is 7.11 Å². The first-order chi connectivity index (χ1) is 8.92. The van der Waals surface area contributed by atoms with Crippen LogP contribution in [0.2, 0.25) is 0 Å². The lowest BCUT2D eigenvalue weighted by atomic mass is 9.90. The molecule has 1 aromatic rings. The number of ether oxygens (including phenoxy) is 1. The van der Waals surface area contributed by atoms with Crippen LogP contribution in [0, 0.1) is 5.92 Å². The Balaban J connectivity index is 3.21. The number of nitrogens with zero attached hydrogens (tertiary/aromatic N) is 1. The molecule has 0 fully saturated rings. The lowest BCUT2D eigenvalue weighted by Crippen LogP contribution is -2.30. The van der Waals surface area contributed by atoms with Crippen LogP contribution in [0.25, 0.3) is 0 Å². The van der Waals surface area contributed by atoms with Crippen LogP contribution in [0.15, 0.2) is 18.2 Å². The van der Waals surface area contributed by atoms with Gasteiger partial charge in [0.2, 0.25) is 0 Å². The number of hydrogen-bond acceptors (Lipinski definition) is 3. The zero-order chi connectivity index (χ0) is 14.6. The van der Waals surface area contributed by atoms with E-state index in [1.54, 1.807) is 7.11 Å². The van der Waals surface area contributed by atoms with Gasteiger partial charge in [0.25, 0.3) is 0 Å². The molecule has 0 heterocycles. The average molecular weight is 264 g/mol. The smallest absolute Gasteiger partial charge is 0.122 e. The number of benzene rings is 1. The number of hydrogen-bond donors (Lipinski definition) is 1. The summed E-state index contributed by atoms with van der Waals surface area (Å²) in [6.45, 7) is 7.27. The molecular formula is C16H28N2O. The highest BCUT2D eigenvalue weighted by atomic mass is 16.5. The maximum atomic E-state index is 5.85. The second kappa shape index (κ2) is 6.92. The summed E-state index contributed by atoms with van der Waals surface area (Å²) in [7, 11) is 5.94. The first-order valence-electron chi connectivity index (χ1n) is 6.96. The van der Waals surface area contributed by atoms with Crippen molar-refractivity contribution in [1.82, 2.24) is 4.90 Å². The van der Waals surface area contributed by atoms with E-state index in [0.717, 1.165) is 5.75 Å². The van der Waals surface area contributed by atoms with Crippen molar-refractivity contribution >= 4 is 0 Å². The average Bonchev–Trinajstić information content (AvgIpc) is 2.38. The molecule has 2 unspecified atom stereocenters. The first kappa shape index (κ1) is 16.0. The Hall–Kier alpha value is -1.06. The summed E-state index contributed by atoms with van der Waals surface area (Å²) in [6, 6.07) is 6.83. The molecule has 0 spiro atoms. The second-order valence-electron chi connectivity index (χ2n) is 5.78. The number of rotatable bonds is 6. The number of methoxy groups -OCH3 is 1. The van der Waals surface area contributed by atoms with Crippen LogP contribution < -0.4 is 10.5 Å². The van der Waals surface area contributed by atoms with Gasteiger partial charge in [-0.2, -0.15) is 0 Å². The van der Waals surface area contributed by atoms with Gasteiger partial charge < -0.3 is 15.4 Å². The van der Waals surface area contributed by atoms with Crippen molar-refractivity contribution in [3.63, 3.8) is 0 Å². The van der Waals surface area contributed by atoms with Crippen LogP contribution >= 0.6 is 0 Å². The predicted octanol–water partition coefficient (Wildman–Crippen LogP) is 3.02. The molecule has 0 saturated heterocycles. The predicted molar refractivity (Wildman–Crippen MR) is 81.7 cm³/mol. The fraction of sp³-hybridized carbons (Fsp3) is 0.625. The van der Waals surface area contributed by atoms with Gasteiger partial charge in [0.15, 0.2) is 0 Å². The second-order valence-corrected chi connectivity index (χ2v) is 5.78. The zero-order valence-corrected chi connectivity index (χ0v) is 13.1. The van der Waals surface area contributed by atoms with E-state index in [2.05, 4.69) is 58.0 Å². The highest BCUT2D eigenvalue weighted by Crippen LogP contribution is 2.33. The van der Waals surface area contributed by atoms with Crippen LogP contribution in [-0.4, -0.2) is 32.6 Å². The third-order valence-corrected chi connectivity index (χ3v) is 3.68.